The lowest BCUT2D eigenvalue weighted by atomic mass is 9.92. The first-order chi connectivity index (χ1) is 27.2. The molecule has 3 aromatic heterocycles. The zero-order chi connectivity index (χ0) is 38.9. The predicted octanol–water partition coefficient (Wildman–Crippen LogP) is 5.40. The van der Waals surface area contributed by atoms with Crippen molar-refractivity contribution in [1.29, 1.82) is 0 Å². The van der Waals surface area contributed by atoms with Crippen LogP contribution in [0, 0.1) is 17.5 Å². The molecule has 0 saturated carbocycles. The fourth-order valence-electron chi connectivity index (χ4n) is 7.76. The van der Waals surface area contributed by atoms with Gasteiger partial charge in [-0.15, -0.1) is 5.10 Å². The molecular formula is C40H42F3N9O4. The van der Waals surface area contributed by atoms with Crippen LogP contribution >= 0.6 is 0 Å². The highest BCUT2D eigenvalue weighted by Crippen LogP contribution is 2.38. The molecule has 13 nitrogen and oxygen atoms in total. The van der Waals surface area contributed by atoms with Crippen molar-refractivity contribution in [2.75, 3.05) is 64.4 Å². The minimum Gasteiger partial charge on any atom is -0.493 e. The molecule has 16 heteroatoms. The van der Waals surface area contributed by atoms with Gasteiger partial charge in [0.15, 0.2) is 17.4 Å². The van der Waals surface area contributed by atoms with E-state index < -0.39 is 17.5 Å². The van der Waals surface area contributed by atoms with Crippen LogP contribution in [0.1, 0.15) is 53.5 Å². The van der Waals surface area contributed by atoms with Gasteiger partial charge in [0.25, 0.3) is 11.8 Å². The molecule has 2 saturated heterocycles. The van der Waals surface area contributed by atoms with Gasteiger partial charge >= 0.3 is 0 Å². The van der Waals surface area contributed by atoms with E-state index in [0.717, 1.165) is 19.0 Å². The van der Waals surface area contributed by atoms with Crippen molar-refractivity contribution in [3.05, 3.63) is 95.3 Å². The Hall–Kier alpha value is -6.19. The smallest absolute Gasteiger partial charge is 0.270 e. The Morgan fingerprint density at radius 2 is 1.68 bits per heavy atom. The third-order valence-electron chi connectivity index (χ3n) is 10.7. The number of methoxy groups -OCH3 is 1. The molecule has 2 fully saturated rings. The van der Waals surface area contributed by atoms with Gasteiger partial charge in [-0.1, -0.05) is 17.4 Å². The lowest BCUT2D eigenvalue weighted by molar-refractivity contribution is -0.131. The number of benzene rings is 2. The molecule has 0 bridgehead atoms. The van der Waals surface area contributed by atoms with Crippen molar-refractivity contribution in [3.63, 3.8) is 0 Å². The highest BCUT2D eigenvalue weighted by molar-refractivity contribution is 6.05. The zero-order valence-corrected chi connectivity index (χ0v) is 30.8. The highest BCUT2D eigenvalue weighted by Gasteiger charge is 2.29. The number of likely N-dealkylation sites (tertiary alicyclic amines) is 1. The number of piperazine rings is 1. The van der Waals surface area contributed by atoms with Gasteiger partial charge in [-0.25, -0.2) is 18.2 Å². The number of halogens is 3. The topological polar surface area (TPSA) is 133 Å². The van der Waals surface area contributed by atoms with Gasteiger partial charge in [-0.05, 0) is 60.2 Å². The maximum absolute atomic E-state index is 16.8. The second-order valence-corrected chi connectivity index (χ2v) is 14.2. The van der Waals surface area contributed by atoms with E-state index in [9.17, 15) is 18.8 Å². The summed E-state index contributed by atoms with van der Waals surface area (Å²) < 4.78 is 53.3. The Balaban J connectivity index is 0.00000496. The number of H-pyrrole nitrogens is 1. The van der Waals surface area contributed by atoms with Crippen LogP contribution in [0.4, 0.5) is 19.0 Å². The Labute approximate surface area is 321 Å². The van der Waals surface area contributed by atoms with Gasteiger partial charge in [-0.3, -0.25) is 19.1 Å². The van der Waals surface area contributed by atoms with Gasteiger partial charge in [0, 0.05) is 83.4 Å². The van der Waals surface area contributed by atoms with E-state index in [1.165, 1.54) is 25.3 Å². The van der Waals surface area contributed by atoms with Crippen LogP contribution in [0.2, 0.25) is 0 Å². The highest BCUT2D eigenvalue weighted by atomic mass is 19.1. The van der Waals surface area contributed by atoms with Crippen LogP contribution in [-0.2, 0) is 11.3 Å². The first-order valence-electron chi connectivity index (χ1n) is 18.7. The third kappa shape index (κ3) is 7.18. The maximum atomic E-state index is 16.8. The van der Waals surface area contributed by atoms with Crippen LogP contribution < -0.4 is 9.64 Å². The molecule has 5 aromatic rings. The van der Waals surface area contributed by atoms with E-state index in [0.29, 0.717) is 86.7 Å². The van der Waals surface area contributed by atoms with Crippen LogP contribution in [0.15, 0.2) is 61.1 Å². The van der Waals surface area contributed by atoms with Crippen molar-refractivity contribution in [3.8, 4) is 16.9 Å². The number of rotatable bonds is 9. The number of carbonyl (C=O) groups excluding carboxylic acids is 3. The van der Waals surface area contributed by atoms with Gasteiger partial charge < -0.3 is 29.3 Å². The summed E-state index contributed by atoms with van der Waals surface area (Å²) in [6.07, 6.45) is 8.65. The molecule has 3 aliphatic heterocycles. The van der Waals surface area contributed by atoms with Crippen LogP contribution in [-0.4, -0.2) is 117 Å². The van der Waals surface area contributed by atoms with Gasteiger partial charge in [0.1, 0.15) is 17.3 Å². The molecule has 3 amide bonds. The van der Waals surface area contributed by atoms with E-state index in [2.05, 4.69) is 20.3 Å². The average molecular weight is 770 g/mol. The monoisotopic (exact) mass is 769 g/mol. The summed E-state index contributed by atoms with van der Waals surface area (Å²) in [5.74, 6) is -1.91. The number of pyridine rings is 1. The molecule has 56 heavy (non-hydrogen) atoms. The molecule has 2 aromatic carbocycles. The largest absolute Gasteiger partial charge is 0.493 e. The molecule has 0 aliphatic carbocycles. The van der Waals surface area contributed by atoms with Crippen molar-refractivity contribution < 1.29 is 33.7 Å². The van der Waals surface area contributed by atoms with E-state index in [1.807, 2.05) is 11.0 Å². The molecule has 8 rings (SSSR count). The number of aromatic amines is 1. The van der Waals surface area contributed by atoms with Crippen molar-refractivity contribution in [1.82, 2.24) is 39.7 Å². The Kier molecular flexibility index (Phi) is 10.2. The lowest BCUT2D eigenvalue weighted by Gasteiger charge is -2.35. The number of hydrogen-bond acceptors (Lipinski definition) is 8. The molecule has 0 atom stereocenters. The Morgan fingerprint density at radius 1 is 0.893 bits per heavy atom. The number of aromatic nitrogens is 5. The number of ether oxygens (including phenoxy) is 1. The number of aryl methyl sites for hydroxylation is 1. The second-order valence-electron chi connectivity index (χ2n) is 14.2. The number of carbonyl (C=O) groups is 3. The fourth-order valence-corrected chi connectivity index (χ4v) is 7.76. The number of nitrogens with one attached hydrogen (secondary N) is 1. The summed E-state index contributed by atoms with van der Waals surface area (Å²) in [5, 5.41) is 8.07. The predicted molar refractivity (Wildman–Crippen MR) is 204 cm³/mol. The molecule has 0 radical (unpaired) electrons. The van der Waals surface area contributed by atoms with E-state index in [1.54, 1.807) is 50.0 Å². The number of anilines is 1. The molecule has 1 N–H and O–H groups in total. The minimum atomic E-state index is -0.698. The summed E-state index contributed by atoms with van der Waals surface area (Å²) in [4.78, 5) is 54.4. The molecule has 6 heterocycles. The maximum Gasteiger partial charge on any atom is 0.270 e. The number of amides is 3. The fraction of sp³-hybridized carbons (Fsp3) is 0.350. The Bertz CT molecular complexity index is 2340. The number of nitrogens with zero attached hydrogens (tertiary/aromatic N) is 8. The van der Waals surface area contributed by atoms with E-state index in [-0.39, 0.29) is 60.2 Å². The summed E-state index contributed by atoms with van der Waals surface area (Å²) in [6.45, 7) is 3.53. The van der Waals surface area contributed by atoms with E-state index >= 15 is 8.78 Å². The van der Waals surface area contributed by atoms with Crippen molar-refractivity contribution in [2.24, 2.45) is 0 Å². The SMILES string of the molecule is COc1cc(F)cnc1N1CCN(C(=O)c2cc3c(-c4ccc(C(=O)N5CCCC5)c(F)c4)cc(C4=CCCN(C(=O)CCn5ccnn5)C4)c(F)c3[nH]2)CC1.[HH]. The third-order valence-corrected chi connectivity index (χ3v) is 10.7. The van der Waals surface area contributed by atoms with Crippen LogP contribution in [0.25, 0.3) is 27.6 Å². The first kappa shape index (κ1) is 36.8. The van der Waals surface area contributed by atoms with Crippen molar-refractivity contribution >= 4 is 40.0 Å². The lowest BCUT2D eigenvalue weighted by Crippen LogP contribution is -2.49. The van der Waals surface area contributed by atoms with Crippen molar-refractivity contribution in [2.45, 2.75) is 32.2 Å². The first-order valence-corrected chi connectivity index (χ1v) is 18.7. The standard InChI is InChI=1S/C40H40F3N9O4.H2/c1-56-34-20-27(41)23-44-38(34)48-15-17-50(18-16-48)40(55)33-22-31-29(25-6-7-28(32(42)19-25)39(54)49-10-2-3-11-49)21-30(36(43)37(31)46-33)26-5-4-12-51(24-26)35(53)8-13-52-14-9-45-47-52;/h5-7,9,14,19-23,46H,2-4,8,10-13,15-18,24H2,1H3;1H. The summed E-state index contributed by atoms with van der Waals surface area (Å²) >= 11 is 0. The second kappa shape index (κ2) is 15.5. The zero-order valence-electron chi connectivity index (χ0n) is 30.8. The molecule has 0 spiro atoms. The Morgan fingerprint density at radius 3 is 2.41 bits per heavy atom. The molecular weight excluding hydrogens is 727 g/mol. The molecule has 292 valence electrons. The van der Waals surface area contributed by atoms with E-state index in [4.69, 9.17) is 4.74 Å². The normalized spacial score (nSPS) is 16.1. The van der Waals surface area contributed by atoms with Crippen LogP contribution in [0.3, 0.4) is 0 Å². The molecule has 0 unspecified atom stereocenters. The van der Waals surface area contributed by atoms with Crippen LogP contribution in [0.5, 0.6) is 5.75 Å². The van der Waals surface area contributed by atoms with Gasteiger partial charge in [-0.2, -0.15) is 0 Å². The molecule has 3 aliphatic rings. The summed E-state index contributed by atoms with van der Waals surface area (Å²) in [5.41, 5.74) is 1.82. The average Bonchev–Trinajstić information content (AvgIpc) is 4.03. The number of fused-ring (bicyclic) bond motifs is 1. The summed E-state index contributed by atoms with van der Waals surface area (Å²) in [7, 11) is 1.44. The quantitative estimate of drug-likeness (QED) is 0.211. The van der Waals surface area contributed by atoms with Gasteiger partial charge in [0.2, 0.25) is 5.91 Å². The number of hydrogen-bond donors (Lipinski definition) is 1. The van der Waals surface area contributed by atoms with Gasteiger partial charge in [0.05, 0.1) is 37.1 Å². The summed E-state index contributed by atoms with van der Waals surface area (Å²) in [6, 6.07) is 8.85. The minimum absolute atomic E-state index is 0.